The van der Waals surface area contributed by atoms with Crippen LogP contribution in [0, 0.1) is 18.3 Å². The van der Waals surface area contributed by atoms with Crippen molar-refractivity contribution >= 4 is 11.6 Å². The van der Waals surface area contributed by atoms with Gasteiger partial charge in [0, 0.05) is 17.8 Å². The summed E-state index contributed by atoms with van der Waals surface area (Å²) in [4.78, 5) is 12.1. The van der Waals surface area contributed by atoms with Crippen LogP contribution in [0.15, 0.2) is 42.5 Å². The number of anilines is 1. The van der Waals surface area contributed by atoms with Crippen LogP contribution in [-0.4, -0.2) is 5.91 Å². The molecular weight excluding hydrogens is 250 g/mol. The van der Waals surface area contributed by atoms with Crippen molar-refractivity contribution in [1.82, 2.24) is 5.32 Å². The van der Waals surface area contributed by atoms with Gasteiger partial charge in [-0.15, -0.1) is 0 Å². The van der Waals surface area contributed by atoms with E-state index in [0.29, 0.717) is 23.4 Å². The van der Waals surface area contributed by atoms with Crippen LogP contribution in [-0.2, 0) is 6.54 Å². The number of nitrogens with two attached hydrogens (primary N) is 1. The molecule has 2 rings (SSSR count). The number of nitrogens with zero attached hydrogens (tertiary/aromatic N) is 1. The fourth-order valence-electron chi connectivity index (χ4n) is 1.92. The van der Waals surface area contributed by atoms with E-state index in [1.807, 2.05) is 19.1 Å². The van der Waals surface area contributed by atoms with E-state index in [4.69, 9.17) is 11.0 Å². The zero-order valence-electron chi connectivity index (χ0n) is 11.2. The number of nitrogen functional groups attached to an aromatic ring is 1. The molecule has 0 aromatic heterocycles. The summed E-state index contributed by atoms with van der Waals surface area (Å²) in [6.07, 6.45) is 0. The van der Waals surface area contributed by atoms with E-state index in [-0.39, 0.29) is 5.91 Å². The third kappa shape index (κ3) is 3.15. The normalized spacial score (nSPS) is 9.80. The number of carbonyl (C=O) groups is 1. The summed E-state index contributed by atoms with van der Waals surface area (Å²) >= 11 is 0. The quantitative estimate of drug-likeness (QED) is 0.836. The Balaban J connectivity index is 2.03. The van der Waals surface area contributed by atoms with E-state index >= 15 is 0 Å². The van der Waals surface area contributed by atoms with Crippen molar-refractivity contribution in [3.63, 3.8) is 0 Å². The van der Waals surface area contributed by atoms with Crippen LogP contribution < -0.4 is 11.1 Å². The minimum absolute atomic E-state index is 0.133. The molecule has 20 heavy (non-hydrogen) atoms. The Kier molecular flexibility index (Phi) is 4.02. The third-order valence-electron chi connectivity index (χ3n) is 3.03. The third-order valence-corrected chi connectivity index (χ3v) is 3.03. The predicted molar refractivity (Wildman–Crippen MR) is 77.9 cm³/mol. The second kappa shape index (κ2) is 5.89. The van der Waals surface area contributed by atoms with Crippen LogP contribution >= 0.6 is 0 Å². The summed E-state index contributed by atoms with van der Waals surface area (Å²) in [5.74, 6) is -0.133. The van der Waals surface area contributed by atoms with Crippen LogP contribution in [0.1, 0.15) is 27.0 Å². The maximum Gasteiger partial charge on any atom is 0.251 e. The molecule has 0 heterocycles. The predicted octanol–water partition coefficient (Wildman–Crippen LogP) is 2.38. The average molecular weight is 265 g/mol. The Morgan fingerprint density at radius 3 is 2.55 bits per heavy atom. The molecule has 0 saturated heterocycles. The molecule has 0 fully saturated rings. The summed E-state index contributed by atoms with van der Waals surface area (Å²) in [6, 6.07) is 14.4. The van der Waals surface area contributed by atoms with Crippen molar-refractivity contribution in [1.29, 1.82) is 5.26 Å². The van der Waals surface area contributed by atoms with Gasteiger partial charge in [0.15, 0.2) is 0 Å². The molecule has 3 N–H and O–H groups in total. The van der Waals surface area contributed by atoms with Gasteiger partial charge in [0.25, 0.3) is 5.91 Å². The van der Waals surface area contributed by atoms with Crippen molar-refractivity contribution in [2.45, 2.75) is 13.5 Å². The van der Waals surface area contributed by atoms with Gasteiger partial charge >= 0.3 is 0 Å². The van der Waals surface area contributed by atoms with Crippen LogP contribution in [0.2, 0.25) is 0 Å². The lowest BCUT2D eigenvalue weighted by atomic mass is 10.1. The molecule has 0 aliphatic carbocycles. The van der Waals surface area contributed by atoms with Gasteiger partial charge in [-0.05, 0) is 48.4 Å². The molecule has 0 aliphatic heterocycles. The highest BCUT2D eigenvalue weighted by Crippen LogP contribution is 2.12. The Labute approximate surface area is 117 Å². The molecule has 0 aliphatic rings. The Morgan fingerprint density at radius 1 is 1.25 bits per heavy atom. The van der Waals surface area contributed by atoms with E-state index in [2.05, 4.69) is 11.4 Å². The molecule has 2 aromatic carbocycles. The Bertz CT molecular complexity index is 669. The zero-order chi connectivity index (χ0) is 14.5. The number of hydrogen-bond donors (Lipinski definition) is 2. The van der Waals surface area contributed by atoms with Gasteiger partial charge in [0.2, 0.25) is 0 Å². The Morgan fingerprint density at radius 2 is 1.95 bits per heavy atom. The minimum Gasteiger partial charge on any atom is -0.399 e. The standard InChI is InChI=1S/C16H15N3O/c1-11-8-14(18)6-7-15(11)16(20)19-10-13-4-2-12(9-17)3-5-13/h2-8H,10,18H2,1H3,(H,19,20). The Hall–Kier alpha value is -2.80. The number of carbonyl (C=O) groups excluding carboxylic acids is 1. The zero-order valence-corrected chi connectivity index (χ0v) is 11.2. The number of aryl methyl sites for hydroxylation is 1. The summed E-state index contributed by atoms with van der Waals surface area (Å²) in [6.45, 7) is 2.28. The molecule has 0 spiro atoms. The lowest BCUT2D eigenvalue weighted by Crippen LogP contribution is -2.23. The van der Waals surface area contributed by atoms with Crippen LogP contribution in [0.3, 0.4) is 0 Å². The second-order valence-corrected chi connectivity index (χ2v) is 4.57. The smallest absolute Gasteiger partial charge is 0.251 e. The van der Waals surface area contributed by atoms with Crippen molar-refractivity contribution < 1.29 is 4.79 Å². The molecule has 4 nitrogen and oxygen atoms in total. The van der Waals surface area contributed by atoms with Crippen LogP contribution in [0.25, 0.3) is 0 Å². The van der Waals surface area contributed by atoms with Crippen LogP contribution in [0.4, 0.5) is 5.69 Å². The first-order valence-corrected chi connectivity index (χ1v) is 6.23. The molecule has 0 radical (unpaired) electrons. The molecule has 1 amide bonds. The van der Waals surface area contributed by atoms with E-state index in [1.54, 1.807) is 30.3 Å². The first-order chi connectivity index (χ1) is 9.60. The summed E-state index contributed by atoms with van der Waals surface area (Å²) in [7, 11) is 0. The van der Waals surface area contributed by atoms with E-state index in [0.717, 1.165) is 11.1 Å². The highest BCUT2D eigenvalue weighted by molar-refractivity contribution is 5.95. The van der Waals surface area contributed by atoms with Gasteiger partial charge in [0.1, 0.15) is 0 Å². The minimum atomic E-state index is -0.133. The topological polar surface area (TPSA) is 78.9 Å². The maximum atomic E-state index is 12.1. The van der Waals surface area contributed by atoms with E-state index < -0.39 is 0 Å². The molecule has 2 aromatic rings. The van der Waals surface area contributed by atoms with Gasteiger partial charge < -0.3 is 11.1 Å². The van der Waals surface area contributed by atoms with Gasteiger partial charge in [0.05, 0.1) is 11.6 Å². The van der Waals surface area contributed by atoms with Gasteiger partial charge in [-0.25, -0.2) is 0 Å². The summed E-state index contributed by atoms with van der Waals surface area (Å²) < 4.78 is 0. The average Bonchev–Trinajstić information content (AvgIpc) is 2.45. The number of benzene rings is 2. The SMILES string of the molecule is Cc1cc(N)ccc1C(=O)NCc1ccc(C#N)cc1. The number of nitriles is 1. The van der Waals surface area contributed by atoms with Crippen molar-refractivity contribution in [3.05, 3.63) is 64.7 Å². The second-order valence-electron chi connectivity index (χ2n) is 4.57. The molecule has 0 saturated carbocycles. The van der Waals surface area contributed by atoms with E-state index in [1.165, 1.54) is 0 Å². The molecule has 0 bridgehead atoms. The van der Waals surface area contributed by atoms with Crippen molar-refractivity contribution in [2.24, 2.45) is 0 Å². The molecule has 4 heteroatoms. The number of amides is 1. The fraction of sp³-hybridized carbons (Fsp3) is 0.125. The highest BCUT2D eigenvalue weighted by atomic mass is 16.1. The number of hydrogen-bond acceptors (Lipinski definition) is 3. The van der Waals surface area contributed by atoms with Gasteiger partial charge in [-0.1, -0.05) is 12.1 Å². The van der Waals surface area contributed by atoms with Crippen molar-refractivity contribution in [3.8, 4) is 6.07 Å². The first kappa shape index (κ1) is 13.6. The molecule has 100 valence electrons. The van der Waals surface area contributed by atoms with Crippen molar-refractivity contribution in [2.75, 3.05) is 5.73 Å². The summed E-state index contributed by atoms with van der Waals surface area (Å²) in [5, 5.41) is 11.6. The maximum absolute atomic E-state index is 12.1. The lowest BCUT2D eigenvalue weighted by Gasteiger charge is -2.08. The molecule has 0 unspecified atom stereocenters. The van der Waals surface area contributed by atoms with Crippen LogP contribution in [0.5, 0.6) is 0 Å². The molecule has 0 atom stereocenters. The number of rotatable bonds is 3. The number of nitrogens with one attached hydrogen (secondary N) is 1. The molecular formula is C16H15N3O. The largest absolute Gasteiger partial charge is 0.399 e. The highest BCUT2D eigenvalue weighted by Gasteiger charge is 2.08. The monoisotopic (exact) mass is 265 g/mol. The lowest BCUT2D eigenvalue weighted by molar-refractivity contribution is 0.0950. The summed E-state index contributed by atoms with van der Waals surface area (Å²) in [5.41, 5.74) is 9.33. The first-order valence-electron chi connectivity index (χ1n) is 6.23. The fourth-order valence-corrected chi connectivity index (χ4v) is 1.92. The van der Waals surface area contributed by atoms with Gasteiger partial charge in [-0.2, -0.15) is 5.26 Å². The van der Waals surface area contributed by atoms with Gasteiger partial charge in [-0.3, -0.25) is 4.79 Å². The van der Waals surface area contributed by atoms with E-state index in [9.17, 15) is 4.79 Å².